The van der Waals surface area contributed by atoms with Gasteiger partial charge in [0.2, 0.25) is 0 Å². The molecule has 1 aliphatic heterocycles. The summed E-state index contributed by atoms with van der Waals surface area (Å²) in [4.78, 5) is 22.3. The highest BCUT2D eigenvalue weighted by Crippen LogP contribution is 2.27. The molecule has 3 aromatic rings. The largest absolute Gasteiger partial charge is 0.366 e. The van der Waals surface area contributed by atoms with Gasteiger partial charge >= 0.3 is 6.03 Å². The molecule has 0 bridgehead atoms. The second kappa shape index (κ2) is 7.26. The molecule has 0 radical (unpaired) electrons. The highest BCUT2D eigenvalue weighted by Gasteiger charge is 2.25. The molecule has 1 aliphatic rings. The van der Waals surface area contributed by atoms with Crippen molar-refractivity contribution in [1.82, 2.24) is 24.5 Å². The number of rotatable bonds is 4. The van der Waals surface area contributed by atoms with Crippen molar-refractivity contribution in [3.63, 3.8) is 0 Å². The number of aromatic nitrogens is 4. The molecule has 1 fully saturated rings. The minimum Gasteiger partial charge on any atom is -0.366 e. The number of amides is 2. The predicted molar refractivity (Wildman–Crippen MR) is 106 cm³/mol. The molecular formula is C18H22BN7O. The number of fused-ring (bicyclic) bond motifs is 1. The van der Waals surface area contributed by atoms with Gasteiger partial charge in [0.15, 0.2) is 5.65 Å². The van der Waals surface area contributed by atoms with Crippen LogP contribution in [-0.2, 0) is 6.54 Å². The molecule has 138 valence electrons. The third-order valence-electron chi connectivity index (χ3n) is 5.02. The Bertz CT molecular complexity index is 959. The Morgan fingerprint density at radius 3 is 3.07 bits per heavy atom. The zero-order valence-electron chi connectivity index (χ0n) is 15.3. The second-order valence-electron chi connectivity index (χ2n) is 6.97. The second-order valence-corrected chi connectivity index (χ2v) is 6.97. The average Bonchev–Trinajstić information content (AvgIpc) is 3.08. The molecule has 3 aromatic heterocycles. The number of carbonyl (C=O) groups is 1. The van der Waals surface area contributed by atoms with Crippen LogP contribution in [0.15, 0.2) is 36.8 Å². The minimum atomic E-state index is -0.365. The first-order chi connectivity index (χ1) is 13.1. The molecule has 0 spiro atoms. The van der Waals surface area contributed by atoms with Crippen molar-refractivity contribution < 1.29 is 4.79 Å². The Hall–Kier alpha value is -3.10. The van der Waals surface area contributed by atoms with Gasteiger partial charge in [0.1, 0.15) is 13.7 Å². The van der Waals surface area contributed by atoms with Crippen LogP contribution in [0.4, 0.5) is 10.6 Å². The molecule has 4 rings (SSSR count). The standard InChI is InChI=1S/C18H22BN7O/c19-14-10-23-26-16(22-9-12-3-1-5-21-8-12)7-15(24-17(14)26)13-4-2-6-25(11-13)18(20)27/h1,3,5,7-8,10,13,22H,2,4,6,9,11,19H2,(H2,20,27). The van der Waals surface area contributed by atoms with Gasteiger partial charge in [0, 0.05) is 50.2 Å². The zero-order chi connectivity index (χ0) is 18.8. The quantitative estimate of drug-likeness (QED) is 0.648. The smallest absolute Gasteiger partial charge is 0.314 e. The molecule has 8 nitrogen and oxygen atoms in total. The number of carbonyl (C=O) groups excluding carboxylic acids is 1. The molecular weight excluding hydrogens is 341 g/mol. The summed E-state index contributed by atoms with van der Waals surface area (Å²) in [6.07, 6.45) is 7.33. The Kier molecular flexibility index (Phi) is 4.66. The van der Waals surface area contributed by atoms with Crippen LogP contribution in [0.25, 0.3) is 5.65 Å². The van der Waals surface area contributed by atoms with E-state index in [1.165, 1.54) is 0 Å². The van der Waals surface area contributed by atoms with E-state index >= 15 is 0 Å². The van der Waals surface area contributed by atoms with E-state index in [2.05, 4.69) is 15.4 Å². The summed E-state index contributed by atoms with van der Waals surface area (Å²) in [5, 5.41) is 7.90. The van der Waals surface area contributed by atoms with E-state index in [0.29, 0.717) is 19.6 Å². The monoisotopic (exact) mass is 363 g/mol. The van der Waals surface area contributed by atoms with Crippen LogP contribution < -0.4 is 16.5 Å². The van der Waals surface area contributed by atoms with Crippen molar-refractivity contribution in [2.75, 3.05) is 18.4 Å². The number of likely N-dealkylation sites (tertiary alicyclic amines) is 1. The summed E-state index contributed by atoms with van der Waals surface area (Å²) in [6, 6.07) is 5.62. The molecule has 3 N–H and O–H groups in total. The third-order valence-corrected chi connectivity index (χ3v) is 5.02. The number of nitrogens with two attached hydrogens (primary N) is 1. The number of primary amides is 1. The van der Waals surface area contributed by atoms with Gasteiger partial charge in [-0.25, -0.2) is 9.78 Å². The summed E-state index contributed by atoms with van der Waals surface area (Å²) < 4.78 is 1.82. The van der Waals surface area contributed by atoms with Crippen LogP contribution in [0.2, 0.25) is 0 Å². The first-order valence-corrected chi connectivity index (χ1v) is 9.14. The lowest BCUT2D eigenvalue weighted by atomic mass is 9.94. The fourth-order valence-corrected chi connectivity index (χ4v) is 3.54. The molecule has 1 saturated heterocycles. The molecule has 4 heterocycles. The summed E-state index contributed by atoms with van der Waals surface area (Å²) >= 11 is 0. The van der Waals surface area contributed by atoms with E-state index in [1.807, 2.05) is 43.0 Å². The minimum absolute atomic E-state index is 0.171. The van der Waals surface area contributed by atoms with Gasteiger partial charge < -0.3 is 16.0 Å². The van der Waals surface area contributed by atoms with Crippen molar-refractivity contribution in [3.8, 4) is 0 Å². The van der Waals surface area contributed by atoms with Gasteiger partial charge in [-0.15, -0.1) is 0 Å². The maximum absolute atomic E-state index is 11.6. The Balaban J connectivity index is 1.65. The predicted octanol–water partition coefficient (Wildman–Crippen LogP) is 0.253. The maximum Gasteiger partial charge on any atom is 0.314 e. The topological polar surface area (TPSA) is 101 Å². The van der Waals surface area contributed by atoms with Gasteiger partial charge in [-0.1, -0.05) is 6.07 Å². The number of urea groups is 1. The Morgan fingerprint density at radius 1 is 1.41 bits per heavy atom. The lowest BCUT2D eigenvalue weighted by molar-refractivity contribution is 0.188. The van der Waals surface area contributed by atoms with Gasteiger partial charge in [-0.05, 0) is 29.9 Å². The highest BCUT2D eigenvalue weighted by atomic mass is 16.2. The number of pyridine rings is 1. The molecule has 0 aromatic carbocycles. The molecule has 1 unspecified atom stereocenters. The van der Waals surface area contributed by atoms with E-state index < -0.39 is 0 Å². The Labute approximate surface area is 158 Å². The number of nitrogens with zero attached hydrogens (tertiary/aromatic N) is 5. The van der Waals surface area contributed by atoms with Crippen LogP contribution in [0, 0.1) is 0 Å². The van der Waals surface area contributed by atoms with E-state index in [-0.39, 0.29) is 11.9 Å². The number of hydrogen-bond donors (Lipinski definition) is 2. The fraction of sp³-hybridized carbons (Fsp3) is 0.333. The van der Waals surface area contributed by atoms with Crippen molar-refractivity contribution in [2.24, 2.45) is 5.73 Å². The van der Waals surface area contributed by atoms with Crippen LogP contribution in [0.3, 0.4) is 0 Å². The van der Waals surface area contributed by atoms with Crippen LogP contribution in [0.5, 0.6) is 0 Å². The van der Waals surface area contributed by atoms with Crippen molar-refractivity contribution >= 4 is 30.8 Å². The third kappa shape index (κ3) is 3.58. The number of nitrogens with one attached hydrogen (secondary N) is 1. The SMILES string of the molecule is Bc1cnn2c(NCc3cccnc3)cc(C3CCCN(C(N)=O)C3)nc12. The van der Waals surface area contributed by atoms with Crippen LogP contribution >= 0.6 is 0 Å². The summed E-state index contributed by atoms with van der Waals surface area (Å²) in [7, 11) is 2.00. The first-order valence-electron chi connectivity index (χ1n) is 9.14. The van der Waals surface area contributed by atoms with Gasteiger partial charge in [-0.2, -0.15) is 9.61 Å². The van der Waals surface area contributed by atoms with E-state index in [4.69, 9.17) is 10.7 Å². The lowest BCUT2D eigenvalue weighted by Crippen LogP contribution is -2.42. The Morgan fingerprint density at radius 2 is 2.30 bits per heavy atom. The van der Waals surface area contributed by atoms with Crippen molar-refractivity contribution in [1.29, 1.82) is 0 Å². The number of piperidine rings is 1. The first kappa shape index (κ1) is 17.3. The average molecular weight is 363 g/mol. The van der Waals surface area contributed by atoms with Crippen molar-refractivity contribution in [3.05, 3.63) is 48.0 Å². The highest BCUT2D eigenvalue weighted by molar-refractivity contribution is 6.36. The molecule has 9 heteroatoms. The van der Waals surface area contributed by atoms with Crippen molar-refractivity contribution in [2.45, 2.75) is 25.3 Å². The molecule has 0 saturated carbocycles. The number of anilines is 1. The normalized spacial score (nSPS) is 17.2. The molecule has 0 aliphatic carbocycles. The summed E-state index contributed by atoms with van der Waals surface area (Å²) in [5.74, 6) is 1.05. The molecule has 27 heavy (non-hydrogen) atoms. The van der Waals surface area contributed by atoms with Gasteiger partial charge in [0.25, 0.3) is 0 Å². The maximum atomic E-state index is 11.6. The molecule has 2 amide bonds. The summed E-state index contributed by atoms with van der Waals surface area (Å²) in [5.41, 5.74) is 9.38. The number of hydrogen-bond acceptors (Lipinski definition) is 5. The summed E-state index contributed by atoms with van der Waals surface area (Å²) in [6.45, 7) is 1.96. The van der Waals surface area contributed by atoms with Gasteiger partial charge in [0.05, 0.1) is 5.69 Å². The van der Waals surface area contributed by atoms with E-state index in [1.54, 1.807) is 11.1 Å². The van der Waals surface area contributed by atoms with Crippen LogP contribution in [-0.4, -0.2) is 51.4 Å². The van der Waals surface area contributed by atoms with Crippen LogP contribution in [0.1, 0.15) is 30.0 Å². The van der Waals surface area contributed by atoms with E-state index in [9.17, 15) is 4.79 Å². The van der Waals surface area contributed by atoms with Gasteiger partial charge in [-0.3, -0.25) is 4.98 Å². The lowest BCUT2D eigenvalue weighted by Gasteiger charge is -2.31. The fourth-order valence-electron chi connectivity index (χ4n) is 3.54. The van der Waals surface area contributed by atoms with E-state index in [0.717, 1.165) is 41.0 Å². The molecule has 1 atom stereocenters. The zero-order valence-corrected chi connectivity index (χ0v) is 15.3.